The summed E-state index contributed by atoms with van der Waals surface area (Å²) >= 11 is 0. The Kier molecular flexibility index (Phi) is 15.1. The largest absolute Gasteiger partial charge is 0.481 e. The summed E-state index contributed by atoms with van der Waals surface area (Å²) in [6, 6.07) is 4.03. The molecule has 0 amide bonds. The van der Waals surface area contributed by atoms with Crippen LogP contribution >= 0.6 is 0 Å². The molecular weight excluding hydrogens is 659 g/mol. The van der Waals surface area contributed by atoms with Crippen LogP contribution in [0.4, 0.5) is 0 Å². The van der Waals surface area contributed by atoms with Gasteiger partial charge in [-0.2, -0.15) is 0 Å². The Morgan fingerprint density at radius 1 is 0.960 bits per heavy atom. The van der Waals surface area contributed by atoms with Crippen molar-refractivity contribution in [3.8, 4) is 0 Å². The summed E-state index contributed by atoms with van der Waals surface area (Å²) in [4.78, 5) is 31.1. The Morgan fingerprint density at radius 2 is 1.52 bits per heavy atom. The van der Waals surface area contributed by atoms with Crippen LogP contribution in [0.15, 0.2) is 23.9 Å². The molecule has 1 aliphatic rings. The first-order chi connectivity index (χ1) is 22.6. The first-order valence-electron chi connectivity index (χ1n) is 19.0. The third-order valence-corrected chi connectivity index (χ3v) is 21.4. The molecule has 2 rings (SSSR count). The van der Waals surface area contributed by atoms with Crippen LogP contribution in [0.1, 0.15) is 126 Å². The highest BCUT2D eigenvalue weighted by atomic mass is 28.4. The first kappa shape index (κ1) is 44.5. The topological polar surface area (TPSA) is 106 Å². The number of carbonyl (C=O) groups is 2. The van der Waals surface area contributed by atoms with Crippen molar-refractivity contribution in [2.45, 2.75) is 176 Å². The van der Waals surface area contributed by atoms with Gasteiger partial charge in [-0.25, -0.2) is 0 Å². The number of pyridine rings is 1. The second-order valence-electron chi connectivity index (χ2n) is 19.2. The Hall–Kier alpha value is -1.66. The average molecular weight is 732 g/mol. The number of carbonyl (C=O) groups excluding carboxylic acids is 1. The highest BCUT2D eigenvalue weighted by Gasteiger charge is 2.50. The van der Waals surface area contributed by atoms with E-state index in [-0.39, 0.29) is 34.3 Å². The van der Waals surface area contributed by atoms with E-state index in [1.165, 1.54) is 0 Å². The van der Waals surface area contributed by atoms with Crippen molar-refractivity contribution in [2.75, 3.05) is 0 Å². The van der Waals surface area contributed by atoms with Gasteiger partial charge in [0.05, 0.1) is 30.4 Å². The van der Waals surface area contributed by atoms with Gasteiger partial charge in [-0.3, -0.25) is 14.6 Å². The lowest BCUT2D eigenvalue weighted by atomic mass is 9.73. The molecule has 0 aliphatic heterocycles. The van der Waals surface area contributed by atoms with Gasteiger partial charge in [-0.05, 0) is 110 Å². The van der Waals surface area contributed by atoms with Crippen molar-refractivity contribution >= 4 is 34.5 Å². The van der Waals surface area contributed by atoms with E-state index in [0.717, 1.165) is 48.9 Å². The van der Waals surface area contributed by atoms with Gasteiger partial charge in [0.15, 0.2) is 16.6 Å². The van der Waals surface area contributed by atoms with Gasteiger partial charge < -0.3 is 19.1 Å². The van der Waals surface area contributed by atoms with Crippen molar-refractivity contribution < 1.29 is 28.7 Å². The van der Waals surface area contributed by atoms with Gasteiger partial charge in [0.2, 0.25) is 0 Å². The third-order valence-electron chi connectivity index (χ3n) is 12.4. The number of nitrogens with zero attached hydrogens (tertiary/aromatic N) is 1. The number of hydrogen-bond donors (Lipinski definition) is 2. The van der Waals surface area contributed by atoms with Gasteiger partial charge in [0.1, 0.15) is 5.78 Å². The minimum Gasteiger partial charge on any atom is -0.481 e. The van der Waals surface area contributed by atoms with Crippen LogP contribution in [0.5, 0.6) is 0 Å². The number of carboxylic acid groups (broad SMARTS) is 1. The molecule has 7 nitrogen and oxygen atoms in total. The summed E-state index contributed by atoms with van der Waals surface area (Å²) in [6.45, 7) is 33.7. The molecule has 1 saturated carbocycles. The van der Waals surface area contributed by atoms with Crippen LogP contribution in [-0.4, -0.2) is 61.9 Å². The summed E-state index contributed by atoms with van der Waals surface area (Å²) in [5.41, 5.74) is 1.94. The van der Waals surface area contributed by atoms with E-state index in [1.54, 1.807) is 0 Å². The molecular formula is C41H73NO6Si2. The van der Waals surface area contributed by atoms with Gasteiger partial charge in [0.25, 0.3) is 0 Å². The van der Waals surface area contributed by atoms with Crippen molar-refractivity contribution in [1.29, 1.82) is 0 Å². The molecule has 0 radical (unpaired) electrons. The number of rotatable bonds is 19. The fourth-order valence-corrected chi connectivity index (χ4v) is 9.36. The van der Waals surface area contributed by atoms with Crippen LogP contribution in [0.25, 0.3) is 6.08 Å². The van der Waals surface area contributed by atoms with E-state index < -0.39 is 46.1 Å². The molecule has 1 fully saturated rings. The lowest BCUT2D eigenvalue weighted by molar-refractivity contribution is -0.146. The maximum atomic E-state index is 14.6. The van der Waals surface area contributed by atoms with E-state index in [4.69, 9.17) is 8.85 Å². The second-order valence-corrected chi connectivity index (χ2v) is 28.8. The minimum atomic E-state index is -2.36. The monoisotopic (exact) mass is 731 g/mol. The molecule has 2 N–H and O–H groups in total. The van der Waals surface area contributed by atoms with Crippen LogP contribution in [0.3, 0.4) is 0 Å². The number of aliphatic hydroxyl groups excluding tert-OH is 1. The molecule has 1 unspecified atom stereocenters. The molecule has 1 aromatic heterocycles. The highest BCUT2D eigenvalue weighted by molar-refractivity contribution is 6.74. The maximum absolute atomic E-state index is 14.6. The smallest absolute Gasteiger partial charge is 0.305 e. The predicted octanol–water partition coefficient (Wildman–Crippen LogP) is 10.5. The fraction of sp³-hybridized carbons (Fsp3) is 0.780. The van der Waals surface area contributed by atoms with Crippen LogP contribution in [0, 0.1) is 36.0 Å². The van der Waals surface area contributed by atoms with Crippen LogP contribution < -0.4 is 0 Å². The van der Waals surface area contributed by atoms with E-state index in [0.29, 0.717) is 11.8 Å². The van der Waals surface area contributed by atoms with Crippen molar-refractivity contribution in [3.63, 3.8) is 0 Å². The van der Waals surface area contributed by atoms with Gasteiger partial charge in [0, 0.05) is 17.5 Å². The number of hydrogen-bond acceptors (Lipinski definition) is 6. The molecule has 286 valence electrons. The Bertz CT molecular complexity index is 1310. The molecule has 9 heteroatoms. The van der Waals surface area contributed by atoms with Gasteiger partial charge in [-0.1, -0.05) is 88.1 Å². The molecule has 1 heterocycles. The standard InChI is InChI=1S/C41H73NO6Si2/c1-27-20-21-33(42-26-27)22-29(3)34(43)24-32-23-31(32)19-17-18-28(2)37(48-50(15,16)40(8,9)10)30(4)38(46)41(11,12)35(25-36(44)45)47-49(13,14)39(5,6)7/h20-22,26,28,30-32,34-35,37,43H,17-19,23-25H2,1-16H3,(H,44,45)/b29-22+/t28-,30+,31+,32-,34?,35-,37-/m0/s1. The summed E-state index contributed by atoms with van der Waals surface area (Å²) in [5, 5.41) is 20.7. The number of aromatic nitrogens is 1. The molecule has 0 spiro atoms. The quantitative estimate of drug-likeness (QED) is 0.136. The lowest BCUT2D eigenvalue weighted by Crippen LogP contribution is -2.54. The molecule has 50 heavy (non-hydrogen) atoms. The SMILES string of the molecule is C/C(=C\c1ccc(C)cn1)C(O)C[C@@H]1C[C@H]1CCC[C@H](C)[C@H](O[Si](C)(C)C(C)(C)C)[C@@H](C)C(=O)C(C)(C)[C@H](CC(=O)O)O[Si](C)(C)C(C)(C)C. The zero-order chi connectivity index (χ0) is 38.6. The number of aliphatic hydroxyl groups is 1. The van der Waals surface area contributed by atoms with Crippen LogP contribution in [-0.2, 0) is 18.4 Å². The Labute approximate surface area is 307 Å². The second kappa shape index (κ2) is 17.0. The fourth-order valence-electron chi connectivity index (χ4n) is 6.44. The van der Waals surface area contributed by atoms with E-state index in [9.17, 15) is 19.8 Å². The van der Waals surface area contributed by atoms with Crippen molar-refractivity contribution in [2.24, 2.45) is 29.1 Å². The molecule has 1 aromatic rings. The number of aryl methyl sites for hydroxylation is 1. The molecule has 0 bridgehead atoms. The van der Waals surface area contributed by atoms with E-state index in [1.807, 2.05) is 59.0 Å². The number of Topliss-reactive ketones (excluding diaryl/α,β-unsaturated/α-hetero) is 1. The highest BCUT2D eigenvalue weighted by Crippen LogP contribution is 2.47. The average Bonchev–Trinajstić information content (AvgIpc) is 3.71. The van der Waals surface area contributed by atoms with E-state index in [2.05, 4.69) is 79.6 Å². The lowest BCUT2D eigenvalue weighted by Gasteiger charge is -2.46. The zero-order valence-corrected chi connectivity index (χ0v) is 36.6. The molecule has 1 aliphatic carbocycles. The van der Waals surface area contributed by atoms with E-state index >= 15 is 0 Å². The number of ketones is 1. The summed E-state index contributed by atoms with van der Waals surface area (Å²) < 4.78 is 13.8. The summed E-state index contributed by atoms with van der Waals surface area (Å²) in [5.74, 6) is -0.0712. The summed E-state index contributed by atoms with van der Waals surface area (Å²) in [7, 11) is -4.61. The van der Waals surface area contributed by atoms with Gasteiger partial charge >= 0.3 is 5.97 Å². The number of aliphatic carboxylic acids is 1. The third kappa shape index (κ3) is 12.2. The van der Waals surface area contributed by atoms with Crippen LogP contribution in [0.2, 0.25) is 36.3 Å². The normalized spacial score (nSPS) is 20.9. The molecule has 7 atom stereocenters. The maximum Gasteiger partial charge on any atom is 0.305 e. The van der Waals surface area contributed by atoms with Crippen molar-refractivity contribution in [3.05, 3.63) is 35.2 Å². The zero-order valence-electron chi connectivity index (χ0n) is 34.6. The summed E-state index contributed by atoms with van der Waals surface area (Å²) in [6.07, 6.45) is 7.17. The predicted molar refractivity (Wildman–Crippen MR) is 212 cm³/mol. The first-order valence-corrected chi connectivity index (χ1v) is 24.8. The molecule has 0 saturated heterocycles. The number of carboxylic acids is 1. The van der Waals surface area contributed by atoms with Crippen molar-refractivity contribution in [1.82, 2.24) is 4.98 Å². The van der Waals surface area contributed by atoms with Gasteiger partial charge in [-0.15, -0.1) is 0 Å². The Morgan fingerprint density at radius 3 is 2.02 bits per heavy atom. The molecule has 0 aromatic carbocycles. The Balaban J connectivity index is 2.17. The minimum absolute atomic E-state index is 0.0125.